The highest BCUT2D eigenvalue weighted by atomic mass is 19.1. The van der Waals surface area contributed by atoms with Gasteiger partial charge in [-0.1, -0.05) is 30.3 Å². The number of hydrogen-bond acceptors (Lipinski definition) is 3. The molecule has 21 heavy (non-hydrogen) atoms. The van der Waals surface area contributed by atoms with Crippen molar-refractivity contribution in [2.75, 3.05) is 14.2 Å². The first-order valence-electron chi connectivity index (χ1n) is 6.34. The van der Waals surface area contributed by atoms with Crippen LogP contribution in [0, 0.1) is 5.82 Å². The third kappa shape index (κ3) is 3.48. The SMILES string of the molecule is COC(=O)/C=C(/c1ccccc1)c1cc(F)ccc1OC. The fraction of sp³-hybridized carbons (Fsp3) is 0.118. The molecule has 0 aliphatic heterocycles. The summed E-state index contributed by atoms with van der Waals surface area (Å²) in [4.78, 5) is 11.6. The summed E-state index contributed by atoms with van der Waals surface area (Å²) in [7, 11) is 2.79. The second-order valence-corrected chi connectivity index (χ2v) is 4.29. The molecule has 2 rings (SSSR count). The average Bonchev–Trinajstić information content (AvgIpc) is 2.53. The summed E-state index contributed by atoms with van der Waals surface area (Å²) < 4.78 is 23.5. The number of hydrogen-bond donors (Lipinski definition) is 0. The first-order chi connectivity index (χ1) is 10.2. The molecule has 0 amide bonds. The fourth-order valence-corrected chi connectivity index (χ4v) is 2.00. The van der Waals surface area contributed by atoms with Gasteiger partial charge in [-0.15, -0.1) is 0 Å². The highest BCUT2D eigenvalue weighted by Crippen LogP contribution is 2.31. The fourth-order valence-electron chi connectivity index (χ4n) is 2.00. The Labute approximate surface area is 122 Å². The molecule has 108 valence electrons. The van der Waals surface area contributed by atoms with E-state index in [1.807, 2.05) is 30.3 Å². The van der Waals surface area contributed by atoms with Crippen molar-refractivity contribution in [3.8, 4) is 5.75 Å². The van der Waals surface area contributed by atoms with Crippen LogP contribution in [0.2, 0.25) is 0 Å². The number of esters is 1. The molecule has 0 aromatic heterocycles. The van der Waals surface area contributed by atoms with Gasteiger partial charge in [-0.2, -0.15) is 0 Å². The molecular weight excluding hydrogens is 271 g/mol. The van der Waals surface area contributed by atoms with E-state index in [0.29, 0.717) is 16.9 Å². The van der Waals surface area contributed by atoms with E-state index in [2.05, 4.69) is 4.74 Å². The molecule has 4 heteroatoms. The van der Waals surface area contributed by atoms with Crippen molar-refractivity contribution in [1.29, 1.82) is 0 Å². The Bertz CT molecular complexity index is 663. The van der Waals surface area contributed by atoms with Gasteiger partial charge in [-0.25, -0.2) is 9.18 Å². The Morgan fingerprint density at radius 2 is 1.81 bits per heavy atom. The van der Waals surface area contributed by atoms with Gasteiger partial charge in [-0.3, -0.25) is 0 Å². The van der Waals surface area contributed by atoms with Crippen molar-refractivity contribution < 1.29 is 18.7 Å². The molecule has 0 bridgehead atoms. The van der Waals surface area contributed by atoms with Gasteiger partial charge >= 0.3 is 5.97 Å². The number of halogens is 1. The predicted octanol–water partition coefficient (Wildman–Crippen LogP) is 3.44. The molecule has 0 fully saturated rings. The van der Waals surface area contributed by atoms with E-state index >= 15 is 0 Å². The van der Waals surface area contributed by atoms with E-state index in [1.165, 1.54) is 38.5 Å². The summed E-state index contributed by atoms with van der Waals surface area (Å²) in [6, 6.07) is 13.4. The smallest absolute Gasteiger partial charge is 0.331 e. The Hall–Kier alpha value is -2.62. The molecule has 0 radical (unpaired) electrons. The van der Waals surface area contributed by atoms with Crippen LogP contribution >= 0.6 is 0 Å². The minimum absolute atomic E-state index is 0.405. The lowest BCUT2D eigenvalue weighted by Gasteiger charge is -2.12. The van der Waals surface area contributed by atoms with Crippen LogP contribution in [0.5, 0.6) is 5.75 Å². The molecule has 0 aliphatic rings. The Balaban J connectivity index is 2.63. The van der Waals surface area contributed by atoms with Crippen LogP contribution in [0.15, 0.2) is 54.6 Å². The summed E-state index contributed by atoms with van der Waals surface area (Å²) in [5.74, 6) is -0.437. The summed E-state index contributed by atoms with van der Waals surface area (Å²) in [6.45, 7) is 0. The summed E-state index contributed by atoms with van der Waals surface area (Å²) >= 11 is 0. The molecule has 0 saturated carbocycles. The third-order valence-corrected chi connectivity index (χ3v) is 3.00. The molecule has 0 unspecified atom stereocenters. The second-order valence-electron chi connectivity index (χ2n) is 4.29. The zero-order valence-electron chi connectivity index (χ0n) is 11.8. The Kier molecular flexibility index (Phi) is 4.72. The molecule has 2 aromatic rings. The number of rotatable bonds is 4. The first-order valence-corrected chi connectivity index (χ1v) is 6.34. The van der Waals surface area contributed by atoms with E-state index in [1.54, 1.807) is 0 Å². The van der Waals surface area contributed by atoms with Gasteiger partial charge in [0.25, 0.3) is 0 Å². The van der Waals surface area contributed by atoms with E-state index in [9.17, 15) is 9.18 Å². The molecule has 0 spiro atoms. The molecule has 2 aromatic carbocycles. The lowest BCUT2D eigenvalue weighted by atomic mass is 9.96. The summed E-state index contributed by atoms with van der Waals surface area (Å²) in [5.41, 5.74) is 1.81. The van der Waals surface area contributed by atoms with Crippen LogP contribution in [-0.2, 0) is 9.53 Å². The number of methoxy groups -OCH3 is 2. The van der Waals surface area contributed by atoms with E-state index in [-0.39, 0.29) is 0 Å². The number of carbonyl (C=O) groups is 1. The second kappa shape index (κ2) is 6.70. The van der Waals surface area contributed by atoms with Gasteiger partial charge in [0, 0.05) is 11.6 Å². The van der Waals surface area contributed by atoms with Gasteiger partial charge in [0.15, 0.2) is 0 Å². The predicted molar refractivity (Wildman–Crippen MR) is 78.5 cm³/mol. The quantitative estimate of drug-likeness (QED) is 0.638. The molecule has 3 nitrogen and oxygen atoms in total. The van der Waals surface area contributed by atoms with Crippen molar-refractivity contribution in [2.24, 2.45) is 0 Å². The minimum Gasteiger partial charge on any atom is -0.496 e. The van der Waals surface area contributed by atoms with Gasteiger partial charge in [0.2, 0.25) is 0 Å². The maximum atomic E-state index is 13.6. The molecule has 0 N–H and O–H groups in total. The standard InChI is InChI=1S/C17H15FO3/c1-20-16-9-8-13(18)10-15(16)14(11-17(19)21-2)12-6-4-3-5-7-12/h3-11H,1-2H3/b14-11-. The number of ether oxygens (including phenoxy) is 2. The van der Waals surface area contributed by atoms with Crippen LogP contribution < -0.4 is 4.74 Å². The highest BCUT2D eigenvalue weighted by molar-refractivity contribution is 5.97. The maximum absolute atomic E-state index is 13.6. The third-order valence-electron chi connectivity index (χ3n) is 3.00. The molecule has 0 heterocycles. The van der Waals surface area contributed by atoms with Gasteiger partial charge in [0.05, 0.1) is 14.2 Å². The molecule has 0 atom stereocenters. The average molecular weight is 286 g/mol. The van der Waals surface area contributed by atoms with Crippen molar-refractivity contribution in [1.82, 2.24) is 0 Å². The lowest BCUT2D eigenvalue weighted by Crippen LogP contribution is -2.00. The normalized spacial score (nSPS) is 11.1. The zero-order chi connectivity index (χ0) is 15.2. The summed E-state index contributed by atoms with van der Waals surface area (Å²) in [6.07, 6.45) is 1.33. The topological polar surface area (TPSA) is 35.5 Å². The number of benzene rings is 2. The number of carbonyl (C=O) groups excluding carboxylic acids is 1. The maximum Gasteiger partial charge on any atom is 0.331 e. The molecule has 0 saturated heterocycles. The van der Waals surface area contributed by atoms with Crippen LogP contribution in [-0.4, -0.2) is 20.2 Å². The zero-order valence-corrected chi connectivity index (χ0v) is 11.8. The van der Waals surface area contributed by atoms with E-state index in [0.717, 1.165) is 5.56 Å². The van der Waals surface area contributed by atoms with E-state index in [4.69, 9.17) is 4.74 Å². The van der Waals surface area contributed by atoms with Crippen LogP contribution in [0.3, 0.4) is 0 Å². The van der Waals surface area contributed by atoms with E-state index < -0.39 is 11.8 Å². The minimum atomic E-state index is -0.514. The highest BCUT2D eigenvalue weighted by Gasteiger charge is 2.14. The first kappa shape index (κ1) is 14.8. The van der Waals surface area contributed by atoms with Crippen molar-refractivity contribution >= 4 is 11.5 Å². The van der Waals surface area contributed by atoms with Crippen LogP contribution in [0.4, 0.5) is 4.39 Å². The van der Waals surface area contributed by atoms with Gasteiger partial charge < -0.3 is 9.47 Å². The van der Waals surface area contributed by atoms with Crippen molar-refractivity contribution in [2.45, 2.75) is 0 Å². The van der Waals surface area contributed by atoms with Crippen LogP contribution in [0.25, 0.3) is 5.57 Å². The molecular formula is C17H15FO3. The van der Waals surface area contributed by atoms with Gasteiger partial charge in [0.1, 0.15) is 11.6 Å². The Morgan fingerprint density at radius 1 is 1.10 bits per heavy atom. The van der Waals surface area contributed by atoms with Crippen LogP contribution in [0.1, 0.15) is 11.1 Å². The van der Waals surface area contributed by atoms with Crippen molar-refractivity contribution in [3.05, 3.63) is 71.6 Å². The Morgan fingerprint density at radius 3 is 2.43 bits per heavy atom. The molecule has 0 aliphatic carbocycles. The monoisotopic (exact) mass is 286 g/mol. The largest absolute Gasteiger partial charge is 0.496 e. The van der Waals surface area contributed by atoms with Crippen molar-refractivity contribution in [3.63, 3.8) is 0 Å². The summed E-state index contributed by atoms with van der Waals surface area (Å²) in [5, 5.41) is 0. The lowest BCUT2D eigenvalue weighted by molar-refractivity contribution is -0.134. The van der Waals surface area contributed by atoms with Gasteiger partial charge in [-0.05, 0) is 29.3 Å².